The summed E-state index contributed by atoms with van der Waals surface area (Å²) in [7, 11) is 3.47. The Morgan fingerprint density at radius 3 is 2.94 bits per heavy atom. The molecule has 0 radical (unpaired) electrons. The lowest BCUT2D eigenvalue weighted by molar-refractivity contribution is -0.146. The minimum absolute atomic E-state index is 0.0244. The number of ether oxygens (including phenoxy) is 1. The normalized spacial score (nSPS) is 24.4. The molecular formula is C13H21N3O2. The molecule has 2 rings (SSSR count). The van der Waals surface area contributed by atoms with Crippen molar-refractivity contribution in [3.8, 4) is 0 Å². The summed E-state index contributed by atoms with van der Waals surface area (Å²) >= 11 is 0. The summed E-state index contributed by atoms with van der Waals surface area (Å²) < 4.78 is 6.88. The van der Waals surface area contributed by atoms with Crippen LogP contribution in [0.3, 0.4) is 0 Å². The summed E-state index contributed by atoms with van der Waals surface area (Å²) in [5, 5.41) is 0. The summed E-state index contributed by atoms with van der Waals surface area (Å²) in [4.78, 5) is 18.2. The average molecular weight is 251 g/mol. The van der Waals surface area contributed by atoms with Gasteiger partial charge in [-0.25, -0.2) is 4.98 Å². The lowest BCUT2D eigenvalue weighted by atomic mass is 9.99. The van der Waals surface area contributed by atoms with Crippen LogP contribution in [0.25, 0.3) is 0 Å². The van der Waals surface area contributed by atoms with Crippen molar-refractivity contribution in [1.82, 2.24) is 14.5 Å². The number of nitrogens with zero attached hydrogens (tertiary/aromatic N) is 3. The molecule has 1 fully saturated rings. The van der Waals surface area contributed by atoms with Gasteiger partial charge in [-0.1, -0.05) is 6.92 Å². The number of methoxy groups -OCH3 is 1. The summed E-state index contributed by atoms with van der Waals surface area (Å²) in [6, 6.07) is 0. The number of imidazole rings is 1. The van der Waals surface area contributed by atoms with Crippen molar-refractivity contribution >= 4 is 5.97 Å². The van der Waals surface area contributed by atoms with Gasteiger partial charge in [0.05, 0.1) is 13.0 Å². The smallest absolute Gasteiger partial charge is 0.310 e. The second-order valence-corrected chi connectivity index (χ2v) is 5.07. The molecule has 0 N–H and O–H groups in total. The molecule has 2 atom stereocenters. The topological polar surface area (TPSA) is 47.4 Å². The van der Waals surface area contributed by atoms with E-state index in [9.17, 15) is 4.79 Å². The Morgan fingerprint density at radius 2 is 2.33 bits per heavy atom. The molecule has 0 saturated carbocycles. The molecule has 0 aromatic carbocycles. The van der Waals surface area contributed by atoms with Crippen molar-refractivity contribution in [1.29, 1.82) is 0 Å². The summed E-state index contributed by atoms with van der Waals surface area (Å²) in [6.45, 7) is 4.83. The largest absolute Gasteiger partial charge is 0.469 e. The Hall–Kier alpha value is -1.36. The molecular weight excluding hydrogens is 230 g/mol. The van der Waals surface area contributed by atoms with Crippen LogP contribution in [-0.4, -0.2) is 47.2 Å². The maximum atomic E-state index is 11.6. The minimum Gasteiger partial charge on any atom is -0.469 e. The zero-order valence-corrected chi connectivity index (χ0v) is 11.3. The predicted molar refractivity (Wildman–Crippen MR) is 68.0 cm³/mol. The van der Waals surface area contributed by atoms with Gasteiger partial charge >= 0.3 is 5.97 Å². The lowest BCUT2D eigenvalue weighted by Crippen LogP contribution is -2.26. The molecule has 0 aliphatic carbocycles. The lowest BCUT2D eigenvalue weighted by Gasteiger charge is -2.14. The standard InChI is InChI=1S/C13H21N3O2/c1-10-8-16(9-11(10)13(17)18-3)6-4-12-14-5-7-15(12)2/h5,7,10-11H,4,6,8-9H2,1-3H3. The van der Waals surface area contributed by atoms with Crippen LogP contribution in [0, 0.1) is 11.8 Å². The van der Waals surface area contributed by atoms with Crippen molar-refractivity contribution < 1.29 is 9.53 Å². The van der Waals surface area contributed by atoms with Crippen LogP contribution < -0.4 is 0 Å². The van der Waals surface area contributed by atoms with Gasteiger partial charge < -0.3 is 14.2 Å². The highest BCUT2D eigenvalue weighted by Crippen LogP contribution is 2.23. The Bertz CT molecular complexity index is 416. The van der Waals surface area contributed by atoms with E-state index in [2.05, 4.69) is 16.8 Å². The van der Waals surface area contributed by atoms with E-state index in [-0.39, 0.29) is 11.9 Å². The number of rotatable bonds is 4. The van der Waals surface area contributed by atoms with E-state index < -0.39 is 0 Å². The van der Waals surface area contributed by atoms with E-state index in [1.165, 1.54) is 7.11 Å². The second kappa shape index (κ2) is 5.52. The Balaban J connectivity index is 1.86. The van der Waals surface area contributed by atoms with Gasteiger partial charge in [0.25, 0.3) is 0 Å². The Kier molecular flexibility index (Phi) is 4.01. The first-order valence-electron chi connectivity index (χ1n) is 6.38. The Labute approximate surface area is 108 Å². The molecule has 1 aliphatic heterocycles. The first-order chi connectivity index (χ1) is 8.61. The van der Waals surface area contributed by atoms with Gasteiger partial charge in [0.1, 0.15) is 5.82 Å². The zero-order valence-electron chi connectivity index (χ0n) is 11.3. The quantitative estimate of drug-likeness (QED) is 0.739. The second-order valence-electron chi connectivity index (χ2n) is 5.07. The van der Waals surface area contributed by atoms with Gasteiger partial charge in [-0.3, -0.25) is 4.79 Å². The van der Waals surface area contributed by atoms with Crippen LogP contribution in [0.2, 0.25) is 0 Å². The van der Waals surface area contributed by atoms with Crippen molar-refractivity contribution in [3.63, 3.8) is 0 Å². The molecule has 0 amide bonds. The highest BCUT2D eigenvalue weighted by atomic mass is 16.5. The molecule has 2 heterocycles. The van der Waals surface area contributed by atoms with Gasteiger partial charge in [0, 0.05) is 45.5 Å². The monoisotopic (exact) mass is 251 g/mol. The maximum absolute atomic E-state index is 11.6. The molecule has 100 valence electrons. The fourth-order valence-electron chi connectivity index (χ4n) is 2.60. The fourth-order valence-corrected chi connectivity index (χ4v) is 2.60. The Morgan fingerprint density at radius 1 is 1.56 bits per heavy atom. The van der Waals surface area contributed by atoms with Crippen LogP contribution in [0.5, 0.6) is 0 Å². The molecule has 1 aromatic rings. The van der Waals surface area contributed by atoms with Gasteiger partial charge in [-0.15, -0.1) is 0 Å². The summed E-state index contributed by atoms with van der Waals surface area (Å²) in [5.74, 6) is 1.40. The number of aryl methyl sites for hydroxylation is 1. The third-order valence-corrected chi connectivity index (χ3v) is 3.76. The number of hydrogen-bond acceptors (Lipinski definition) is 4. The number of likely N-dealkylation sites (tertiary alicyclic amines) is 1. The zero-order chi connectivity index (χ0) is 13.1. The third-order valence-electron chi connectivity index (χ3n) is 3.76. The first-order valence-corrected chi connectivity index (χ1v) is 6.38. The van der Waals surface area contributed by atoms with Crippen molar-refractivity contribution in [2.24, 2.45) is 18.9 Å². The molecule has 18 heavy (non-hydrogen) atoms. The van der Waals surface area contributed by atoms with Crippen molar-refractivity contribution in [2.45, 2.75) is 13.3 Å². The van der Waals surface area contributed by atoms with Crippen molar-refractivity contribution in [3.05, 3.63) is 18.2 Å². The number of hydrogen-bond donors (Lipinski definition) is 0. The number of aromatic nitrogens is 2. The molecule has 1 aromatic heterocycles. The number of carbonyl (C=O) groups is 1. The molecule has 1 saturated heterocycles. The van der Waals surface area contributed by atoms with Crippen LogP contribution in [0.15, 0.2) is 12.4 Å². The van der Waals surface area contributed by atoms with Gasteiger partial charge in [0.15, 0.2) is 0 Å². The average Bonchev–Trinajstić information content (AvgIpc) is 2.92. The van der Waals surface area contributed by atoms with Gasteiger partial charge in [0.2, 0.25) is 0 Å². The summed E-state index contributed by atoms with van der Waals surface area (Å²) in [6.07, 6.45) is 4.70. The van der Waals surface area contributed by atoms with Gasteiger partial charge in [-0.05, 0) is 5.92 Å². The first kappa shape index (κ1) is 13.1. The highest BCUT2D eigenvalue weighted by Gasteiger charge is 2.35. The van der Waals surface area contributed by atoms with Crippen LogP contribution in [-0.2, 0) is 23.0 Å². The minimum atomic E-state index is -0.0815. The number of carbonyl (C=O) groups excluding carboxylic acids is 1. The number of esters is 1. The van der Waals surface area contributed by atoms with E-state index in [1.54, 1.807) is 0 Å². The molecule has 1 aliphatic rings. The van der Waals surface area contributed by atoms with Crippen LogP contribution in [0.4, 0.5) is 0 Å². The maximum Gasteiger partial charge on any atom is 0.310 e. The van der Waals surface area contributed by atoms with E-state index >= 15 is 0 Å². The molecule has 2 unspecified atom stereocenters. The third kappa shape index (κ3) is 2.72. The summed E-state index contributed by atoms with van der Waals surface area (Å²) in [5.41, 5.74) is 0. The molecule has 0 bridgehead atoms. The van der Waals surface area contributed by atoms with E-state index in [0.717, 1.165) is 31.9 Å². The molecule has 5 heteroatoms. The SMILES string of the molecule is COC(=O)C1CN(CCc2nccn2C)CC1C. The van der Waals surface area contributed by atoms with E-state index in [4.69, 9.17) is 4.74 Å². The fraction of sp³-hybridized carbons (Fsp3) is 0.692. The van der Waals surface area contributed by atoms with Crippen molar-refractivity contribution in [2.75, 3.05) is 26.7 Å². The molecule has 0 spiro atoms. The highest BCUT2D eigenvalue weighted by molar-refractivity contribution is 5.73. The molecule has 5 nitrogen and oxygen atoms in total. The van der Waals surface area contributed by atoms with Crippen LogP contribution >= 0.6 is 0 Å². The van der Waals surface area contributed by atoms with Crippen LogP contribution in [0.1, 0.15) is 12.7 Å². The predicted octanol–water partition coefficient (Wildman–Crippen LogP) is 0.703. The van der Waals surface area contributed by atoms with E-state index in [0.29, 0.717) is 5.92 Å². The van der Waals surface area contributed by atoms with E-state index in [1.807, 2.05) is 24.0 Å². The van der Waals surface area contributed by atoms with Gasteiger partial charge in [-0.2, -0.15) is 0 Å².